The summed E-state index contributed by atoms with van der Waals surface area (Å²) >= 11 is 0. The lowest BCUT2D eigenvalue weighted by atomic mass is 9.89. The van der Waals surface area contributed by atoms with E-state index < -0.39 is 47.6 Å². The molecule has 1 aromatic heterocycles. The van der Waals surface area contributed by atoms with E-state index in [1.807, 2.05) is 84.9 Å². The number of amides is 3. The molecular weight excluding hydrogens is 773 g/mol. The number of nitrogens with one attached hydrogen (secondary N) is 3. The maximum absolute atomic E-state index is 14.6. The second kappa shape index (κ2) is 21.9. The highest BCUT2D eigenvalue weighted by Crippen LogP contribution is 2.23. The van der Waals surface area contributed by atoms with Crippen LogP contribution in [0.3, 0.4) is 0 Å². The number of hydrogen-bond acceptors (Lipinski definition) is 8. The third-order valence-corrected chi connectivity index (χ3v) is 10.7. The molecule has 0 aliphatic carbocycles. The number of benzene rings is 4. The first kappa shape index (κ1) is 43.6. The fourth-order valence-corrected chi connectivity index (χ4v) is 7.38. The Balaban J connectivity index is 1.34. The molecule has 0 saturated heterocycles. The minimum atomic E-state index is -1.15. The van der Waals surface area contributed by atoms with Gasteiger partial charge in [0.2, 0.25) is 17.7 Å². The van der Waals surface area contributed by atoms with Gasteiger partial charge in [-0.05, 0) is 83.3 Å². The Labute approximate surface area is 355 Å². The van der Waals surface area contributed by atoms with Gasteiger partial charge in [-0.2, -0.15) is 0 Å². The number of rotatable bonds is 12. The highest BCUT2D eigenvalue weighted by atomic mass is 16.5. The van der Waals surface area contributed by atoms with Crippen LogP contribution in [0.2, 0.25) is 0 Å². The molecule has 0 unspecified atom stereocenters. The lowest BCUT2D eigenvalue weighted by Crippen LogP contribution is -2.54. The van der Waals surface area contributed by atoms with Gasteiger partial charge in [-0.25, -0.2) is 0 Å². The molecule has 0 fully saturated rings. The summed E-state index contributed by atoms with van der Waals surface area (Å²) in [6.45, 7) is -0.424. The lowest BCUT2D eigenvalue weighted by molar-refractivity contribution is -0.137. The zero-order valence-corrected chi connectivity index (χ0v) is 33.8. The number of ketones is 2. The Morgan fingerprint density at radius 2 is 1.31 bits per heavy atom. The standard InChI is InChI=1S/C49H50N4O8/c54-41-30-39(28-36-21-24-50-25-22-36)48(59)53-44(29-35-11-16-38(17-12-35)37-9-5-2-6-10-37)49(60)52-43(20-15-33-7-3-1-4-8-33)45(55)31-40(47(58)51-26-23-46(56)57)27-34-13-18-42(19-14-34)61-32-41/h1-14,16-19,21-22,24-25,39-40,43-44H,15,20,23,26-32H2,(H,51,58)(H,52,60)(H,53,59)(H,56,57)/t39-,40-,43+,44-/m1/s1. The summed E-state index contributed by atoms with van der Waals surface area (Å²) in [5.74, 6) is -4.76. The maximum Gasteiger partial charge on any atom is 0.305 e. The van der Waals surface area contributed by atoms with Gasteiger partial charge < -0.3 is 25.8 Å². The van der Waals surface area contributed by atoms with E-state index in [4.69, 9.17) is 4.74 Å². The van der Waals surface area contributed by atoms with Gasteiger partial charge in [-0.3, -0.25) is 33.8 Å². The van der Waals surface area contributed by atoms with Crippen molar-refractivity contribution in [3.8, 4) is 16.9 Å². The summed E-state index contributed by atoms with van der Waals surface area (Å²) in [5, 5.41) is 17.8. The molecular formula is C49H50N4O8. The van der Waals surface area contributed by atoms with Crippen LogP contribution < -0.4 is 20.7 Å². The van der Waals surface area contributed by atoms with Crippen molar-refractivity contribution >= 4 is 35.3 Å². The van der Waals surface area contributed by atoms with E-state index in [0.29, 0.717) is 17.7 Å². The first-order valence-corrected chi connectivity index (χ1v) is 20.5. The fraction of sp³-hybridized carbons (Fsp3) is 0.286. The molecule has 3 heterocycles. The normalized spacial score (nSPS) is 19.0. The number of carboxylic acid groups (broad SMARTS) is 1. The highest BCUT2D eigenvalue weighted by molar-refractivity contribution is 5.96. The molecule has 2 aliphatic heterocycles. The molecule has 0 spiro atoms. The van der Waals surface area contributed by atoms with Crippen LogP contribution in [0.15, 0.2) is 134 Å². The van der Waals surface area contributed by atoms with E-state index in [2.05, 4.69) is 20.9 Å². The van der Waals surface area contributed by atoms with Crippen LogP contribution in [-0.4, -0.2) is 70.6 Å². The zero-order valence-electron chi connectivity index (χ0n) is 33.8. The molecule has 4 atom stereocenters. The van der Waals surface area contributed by atoms with Gasteiger partial charge >= 0.3 is 5.97 Å². The molecule has 4 aromatic carbocycles. The summed E-state index contributed by atoms with van der Waals surface area (Å²) in [7, 11) is 0. The van der Waals surface area contributed by atoms with Gasteiger partial charge in [0.25, 0.3) is 0 Å². The van der Waals surface area contributed by atoms with Crippen molar-refractivity contribution in [3.05, 3.63) is 156 Å². The van der Waals surface area contributed by atoms with Crippen molar-refractivity contribution in [2.75, 3.05) is 13.2 Å². The second-order valence-electron chi connectivity index (χ2n) is 15.4. The largest absolute Gasteiger partial charge is 0.486 e. The van der Waals surface area contributed by atoms with Crippen molar-refractivity contribution in [2.45, 2.75) is 63.5 Å². The van der Waals surface area contributed by atoms with E-state index in [-0.39, 0.29) is 69.7 Å². The van der Waals surface area contributed by atoms with Crippen LogP contribution in [0, 0.1) is 11.8 Å². The number of aryl methyl sites for hydroxylation is 1. The molecule has 2 bridgehead atoms. The summed E-state index contributed by atoms with van der Waals surface area (Å²) in [6.07, 6.45) is 3.56. The smallest absolute Gasteiger partial charge is 0.305 e. The maximum atomic E-state index is 14.6. The minimum absolute atomic E-state index is 0.0772. The number of aliphatic carboxylic acids is 1. The van der Waals surface area contributed by atoms with Crippen molar-refractivity contribution in [1.29, 1.82) is 0 Å². The molecule has 0 saturated carbocycles. The first-order chi connectivity index (χ1) is 29.6. The molecule has 4 N–H and O–H groups in total. The lowest BCUT2D eigenvalue weighted by Gasteiger charge is -2.26. The molecule has 7 rings (SSSR count). The quantitative estimate of drug-likeness (QED) is 0.126. The number of ether oxygens (including phenoxy) is 1. The van der Waals surface area contributed by atoms with E-state index in [9.17, 15) is 33.9 Å². The monoisotopic (exact) mass is 822 g/mol. The van der Waals surface area contributed by atoms with Crippen molar-refractivity contribution in [1.82, 2.24) is 20.9 Å². The summed E-state index contributed by atoms with van der Waals surface area (Å²) in [5.41, 5.74) is 5.17. The minimum Gasteiger partial charge on any atom is -0.486 e. The first-order valence-electron chi connectivity index (χ1n) is 20.5. The average Bonchev–Trinajstić information content (AvgIpc) is 3.27. The number of hydrogen-bond donors (Lipinski definition) is 4. The number of aromatic nitrogens is 1. The van der Waals surface area contributed by atoms with Crippen LogP contribution in [0.25, 0.3) is 11.1 Å². The Bertz CT molecular complexity index is 2250. The number of carbonyl (C=O) groups is 6. The Hall–Kier alpha value is -6.95. The Kier molecular flexibility index (Phi) is 15.6. The van der Waals surface area contributed by atoms with Crippen LogP contribution in [0.5, 0.6) is 5.75 Å². The van der Waals surface area contributed by atoms with E-state index >= 15 is 0 Å². The van der Waals surface area contributed by atoms with Gasteiger partial charge in [0, 0.05) is 50.0 Å². The predicted octanol–water partition coefficient (Wildman–Crippen LogP) is 5.51. The van der Waals surface area contributed by atoms with Crippen LogP contribution in [0.1, 0.15) is 47.9 Å². The predicted molar refractivity (Wildman–Crippen MR) is 229 cm³/mol. The van der Waals surface area contributed by atoms with Gasteiger partial charge in [0.05, 0.1) is 12.5 Å². The number of carbonyl (C=O) groups excluding carboxylic acids is 5. The molecule has 2 aliphatic rings. The van der Waals surface area contributed by atoms with Crippen molar-refractivity contribution in [2.24, 2.45) is 11.8 Å². The fourth-order valence-electron chi connectivity index (χ4n) is 7.38. The van der Waals surface area contributed by atoms with Crippen LogP contribution in [0.4, 0.5) is 0 Å². The third-order valence-electron chi connectivity index (χ3n) is 10.7. The number of pyridine rings is 1. The van der Waals surface area contributed by atoms with Gasteiger partial charge in [0.1, 0.15) is 18.4 Å². The Morgan fingerprint density at radius 1 is 0.672 bits per heavy atom. The van der Waals surface area contributed by atoms with Crippen LogP contribution in [-0.2, 0) is 54.5 Å². The highest BCUT2D eigenvalue weighted by Gasteiger charge is 2.32. The van der Waals surface area contributed by atoms with Gasteiger partial charge in [-0.1, -0.05) is 97.1 Å². The number of carboxylic acids is 1. The van der Waals surface area contributed by atoms with Crippen LogP contribution >= 0.6 is 0 Å². The van der Waals surface area contributed by atoms with Gasteiger partial charge in [0.15, 0.2) is 11.6 Å². The molecule has 0 radical (unpaired) electrons. The molecule has 12 nitrogen and oxygen atoms in total. The third kappa shape index (κ3) is 13.5. The summed E-state index contributed by atoms with van der Waals surface area (Å²) in [6, 6.07) is 35.2. The molecule has 12 heteroatoms. The van der Waals surface area contributed by atoms with E-state index in [1.54, 1.807) is 48.8 Å². The number of fused-ring (bicyclic) bond motifs is 16. The van der Waals surface area contributed by atoms with Crippen molar-refractivity contribution in [3.63, 3.8) is 0 Å². The van der Waals surface area contributed by atoms with E-state index in [1.165, 1.54) is 0 Å². The summed E-state index contributed by atoms with van der Waals surface area (Å²) in [4.78, 5) is 85.7. The number of Topliss-reactive ketones (excluding diaryl/α,β-unsaturated/α-hetero) is 2. The van der Waals surface area contributed by atoms with Crippen molar-refractivity contribution < 1.29 is 38.6 Å². The zero-order chi connectivity index (χ0) is 43.0. The number of nitrogens with zero attached hydrogens (tertiary/aromatic N) is 1. The molecule has 3 amide bonds. The second-order valence-corrected chi connectivity index (χ2v) is 15.4. The molecule has 5 aromatic rings. The molecule has 61 heavy (non-hydrogen) atoms. The molecule has 314 valence electrons. The average molecular weight is 823 g/mol. The Morgan fingerprint density at radius 3 is 2.00 bits per heavy atom. The SMILES string of the molecule is O=C(O)CCNC(=O)[C@H]1CC(=O)[C@H](CCc2ccccc2)NC(=O)[C@@H](Cc2ccc(-c3ccccc3)cc2)NC(=O)[C@H](Cc2ccncc2)CC(=O)COc2ccc(cc2)C1. The summed E-state index contributed by atoms with van der Waals surface area (Å²) < 4.78 is 5.83. The van der Waals surface area contributed by atoms with Gasteiger partial charge in [-0.15, -0.1) is 0 Å². The topological polar surface area (TPSA) is 181 Å². The van der Waals surface area contributed by atoms with E-state index in [0.717, 1.165) is 27.8 Å².